The molecule has 1 atom stereocenters. The first-order valence-electron chi connectivity index (χ1n) is 4.10. The fourth-order valence-electron chi connectivity index (χ4n) is 1.35. The van der Waals surface area contributed by atoms with Crippen molar-refractivity contribution in [2.24, 2.45) is 5.73 Å². The molecule has 0 aliphatic rings. The standard InChI is InChI=1S/C10H12N2/c1-7(11)8-2-3-10-9(6-8)4-5-12-10/h2-7,12H,11H2,1H3. The molecule has 0 saturated carbocycles. The Balaban J connectivity index is 2.60. The van der Waals surface area contributed by atoms with E-state index in [1.54, 1.807) is 0 Å². The Morgan fingerprint density at radius 1 is 1.33 bits per heavy atom. The smallest absolute Gasteiger partial charge is 0.0454 e. The summed E-state index contributed by atoms with van der Waals surface area (Å²) in [4.78, 5) is 3.14. The number of aromatic amines is 1. The van der Waals surface area contributed by atoms with Crippen LogP contribution >= 0.6 is 0 Å². The van der Waals surface area contributed by atoms with Crippen LogP contribution in [0.1, 0.15) is 18.5 Å². The first kappa shape index (κ1) is 7.37. The molecular formula is C10H12N2. The predicted octanol–water partition coefficient (Wildman–Crippen LogP) is 2.19. The third-order valence-corrected chi connectivity index (χ3v) is 2.10. The molecule has 2 nitrogen and oxygen atoms in total. The van der Waals surface area contributed by atoms with Gasteiger partial charge in [0.15, 0.2) is 0 Å². The van der Waals surface area contributed by atoms with E-state index in [4.69, 9.17) is 5.73 Å². The highest BCUT2D eigenvalue weighted by Gasteiger charge is 2.00. The molecule has 0 fully saturated rings. The van der Waals surface area contributed by atoms with Crippen LogP contribution in [0.15, 0.2) is 30.5 Å². The van der Waals surface area contributed by atoms with Crippen molar-refractivity contribution < 1.29 is 0 Å². The van der Waals surface area contributed by atoms with Crippen molar-refractivity contribution in [1.82, 2.24) is 4.98 Å². The number of nitrogens with two attached hydrogens (primary N) is 1. The van der Waals surface area contributed by atoms with Gasteiger partial charge in [-0.1, -0.05) is 6.07 Å². The van der Waals surface area contributed by atoms with Crippen LogP contribution in [0.3, 0.4) is 0 Å². The van der Waals surface area contributed by atoms with Gasteiger partial charge in [0.25, 0.3) is 0 Å². The van der Waals surface area contributed by atoms with Crippen LogP contribution in [0.4, 0.5) is 0 Å². The Hall–Kier alpha value is -1.28. The van der Waals surface area contributed by atoms with Crippen molar-refractivity contribution in [3.05, 3.63) is 36.0 Å². The summed E-state index contributed by atoms with van der Waals surface area (Å²) in [6, 6.07) is 8.42. The number of aromatic nitrogens is 1. The normalized spacial score (nSPS) is 13.5. The zero-order valence-corrected chi connectivity index (χ0v) is 7.04. The van der Waals surface area contributed by atoms with Gasteiger partial charge in [-0.3, -0.25) is 0 Å². The van der Waals surface area contributed by atoms with Gasteiger partial charge in [0.2, 0.25) is 0 Å². The summed E-state index contributed by atoms with van der Waals surface area (Å²) in [5.74, 6) is 0. The lowest BCUT2D eigenvalue weighted by atomic mass is 10.1. The van der Waals surface area contributed by atoms with E-state index in [1.165, 1.54) is 16.5 Å². The van der Waals surface area contributed by atoms with Crippen molar-refractivity contribution in [1.29, 1.82) is 0 Å². The van der Waals surface area contributed by atoms with Crippen LogP contribution < -0.4 is 5.73 Å². The third-order valence-electron chi connectivity index (χ3n) is 2.10. The Labute approximate surface area is 71.4 Å². The van der Waals surface area contributed by atoms with Crippen molar-refractivity contribution >= 4 is 10.9 Å². The van der Waals surface area contributed by atoms with Crippen LogP contribution in [0.5, 0.6) is 0 Å². The molecule has 1 aromatic heterocycles. The van der Waals surface area contributed by atoms with Gasteiger partial charge in [-0.15, -0.1) is 0 Å². The van der Waals surface area contributed by atoms with Gasteiger partial charge in [0.05, 0.1) is 0 Å². The van der Waals surface area contributed by atoms with Crippen molar-refractivity contribution in [2.75, 3.05) is 0 Å². The van der Waals surface area contributed by atoms with E-state index in [1.807, 2.05) is 13.1 Å². The fraction of sp³-hybridized carbons (Fsp3) is 0.200. The molecule has 62 valence electrons. The number of benzene rings is 1. The lowest BCUT2D eigenvalue weighted by Crippen LogP contribution is -2.04. The molecule has 0 spiro atoms. The molecule has 3 N–H and O–H groups in total. The average molecular weight is 160 g/mol. The van der Waals surface area contributed by atoms with E-state index >= 15 is 0 Å². The van der Waals surface area contributed by atoms with Crippen LogP contribution in [0.25, 0.3) is 10.9 Å². The quantitative estimate of drug-likeness (QED) is 0.659. The second-order valence-corrected chi connectivity index (χ2v) is 3.11. The van der Waals surface area contributed by atoms with Crippen LogP contribution in [0, 0.1) is 0 Å². The van der Waals surface area contributed by atoms with Gasteiger partial charge >= 0.3 is 0 Å². The van der Waals surface area contributed by atoms with Crippen LogP contribution in [-0.4, -0.2) is 4.98 Å². The summed E-state index contributed by atoms with van der Waals surface area (Å²) in [5, 5.41) is 1.23. The molecule has 2 heteroatoms. The van der Waals surface area contributed by atoms with Gasteiger partial charge in [0, 0.05) is 17.8 Å². The molecule has 0 amide bonds. The average Bonchev–Trinajstić information content (AvgIpc) is 2.49. The Morgan fingerprint density at radius 3 is 2.92 bits per heavy atom. The minimum absolute atomic E-state index is 0.115. The van der Waals surface area contributed by atoms with E-state index in [-0.39, 0.29) is 6.04 Å². The van der Waals surface area contributed by atoms with E-state index in [0.717, 1.165) is 0 Å². The summed E-state index contributed by atoms with van der Waals surface area (Å²) in [6.45, 7) is 1.99. The number of rotatable bonds is 1. The largest absolute Gasteiger partial charge is 0.361 e. The van der Waals surface area contributed by atoms with Gasteiger partial charge in [-0.25, -0.2) is 0 Å². The monoisotopic (exact) mass is 160 g/mol. The molecule has 12 heavy (non-hydrogen) atoms. The zero-order valence-electron chi connectivity index (χ0n) is 7.04. The number of fused-ring (bicyclic) bond motifs is 1. The summed E-state index contributed by atoms with van der Waals surface area (Å²) in [6.07, 6.45) is 1.94. The van der Waals surface area contributed by atoms with Crippen molar-refractivity contribution in [3.8, 4) is 0 Å². The fourth-order valence-corrected chi connectivity index (χ4v) is 1.35. The molecule has 1 heterocycles. The maximum atomic E-state index is 5.76. The Bertz CT molecular complexity index is 387. The second-order valence-electron chi connectivity index (χ2n) is 3.11. The number of hydrogen-bond donors (Lipinski definition) is 2. The van der Waals surface area contributed by atoms with Gasteiger partial charge < -0.3 is 10.7 Å². The molecule has 0 saturated heterocycles. The molecule has 2 rings (SSSR count). The first-order valence-corrected chi connectivity index (χ1v) is 4.10. The van der Waals surface area contributed by atoms with Crippen LogP contribution in [0.2, 0.25) is 0 Å². The zero-order chi connectivity index (χ0) is 8.55. The first-order chi connectivity index (χ1) is 5.77. The van der Waals surface area contributed by atoms with Crippen molar-refractivity contribution in [3.63, 3.8) is 0 Å². The Kier molecular flexibility index (Phi) is 1.62. The minimum Gasteiger partial charge on any atom is -0.361 e. The van der Waals surface area contributed by atoms with Crippen molar-refractivity contribution in [2.45, 2.75) is 13.0 Å². The van der Waals surface area contributed by atoms with E-state index in [2.05, 4.69) is 29.2 Å². The number of nitrogens with one attached hydrogen (secondary N) is 1. The third kappa shape index (κ3) is 1.10. The Morgan fingerprint density at radius 2 is 2.17 bits per heavy atom. The maximum Gasteiger partial charge on any atom is 0.0454 e. The molecule has 1 unspecified atom stereocenters. The molecule has 0 radical (unpaired) electrons. The SMILES string of the molecule is CC(N)c1ccc2[nH]ccc2c1. The maximum absolute atomic E-state index is 5.76. The van der Waals surface area contributed by atoms with Gasteiger partial charge in [-0.05, 0) is 36.1 Å². The summed E-state index contributed by atoms with van der Waals surface area (Å²) >= 11 is 0. The molecule has 0 bridgehead atoms. The van der Waals surface area contributed by atoms with Crippen LogP contribution in [-0.2, 0) is 0 Å². The summed E-state index contributed by atoms with van der Waals surface area (Å²) < 4.78 is 0. The number of hydrogen-bond acceptors (Lipinski definition) is 1. The van der Waals surface area contributed by atoms with E-state index in [0.29, 0.717) is 0 Å². The number of H-pyrrole nitrogens is 1. The highest BCUT2D eigenvalue weighted by molar-refractivity contribution is 5.79. The molecule has 2 aromatic rings. The minimum atomic E-state index is 0.115. The van der Waals surface area contributed by atoms with E-state index in [9.17, 15) is 0 Å². The highest BCUT2D eigenvalue weighted by atomic mass is 14.7. The summed E-state index contributed by atoms with van der Waals surface area (Å²) in [5.41, 5.74) is 8.11. The van der Waals surface area contributed by atoms with Gasteiger partial charge in [0.1, 0.15) is 0 Å². The molecule has 1 aromatic carbocycles. The molecule has 0 aliphatic carbocycles. The second kappa shape index (κ2) is 2.64. The molecule has 0 aliphatic heterocycles. The highest BCUT2D eigenvalue weighted by Crippen LogP contribution is 2.17. The predicted molar refractivity (Wildman–Crippen MR) is 50.9 cm³/mol. The topological polar surface area (TPSA) is 41.8 Å². The lowest BCUT2D eigenvalue weighted by Gasteiger charge is -2.04. The van der Waals surface area contributed by atoms with Gasteiger partial charge in [-0.2, -0.15) is 0 Å². The van der Waals surface area contributed by atoms with E-state index < -0.39 is 0 Å². The molecular weight excluding hydrogens is 148 g/mol. The summed E-state index contributed by atoms with van der Waals surface area (Å²) in [7, 11) is 0. The lowest BCUT2D eigenvalue weighted by molar-refractivity contribution is 0.820.